The van der Waals surface area contributed by atoms with Gasteiger partial charge < -0.3 is 20.7 Å². The van der Waals surface area contributed by atoms with Gasteiger partial charge in [-0.1, -0.05) is 12.1 Å². The van der Waals surface area contributed by atoms with Gasteiger partial charge in [-0.05, 0) is 30.2 Å². The summed E-state index contributed by atoms with van der Waals surface area (Å²) in [4.78, 5) is 27.4. The maximum absolute atomic E-state index is 12.8. The summed E-state index contributed by atoms with van der Waals surface area (Å²) < 4.78 is 77.9. The molecule has 34 heavy (non-hydrogen) atoms. The van der Waals surface area contributed by atoms with Gasteiger partial charge in [-0.25, -0.2) is 0 Å². The van der Waals surface area contributed by atoms with Gasteiger partial charge in [0.15, 0.2) is 5.78 Å². The number of fused-ring (bicyclic) bond motifs is 1. The van der Waals surface area contributed by atoms with Crippen LogP contribution < -0.4 is 15.8 Å². The summed E-state index contributed by atoms with van der Waals surface area (Å²) in [7, 11) is 0. The Labute approximate surface area is 195 Å². The van der Waals surface area contributed by atoms with Crippen molar-refractivity contribution in [2.75, 3.05) is 12.3 Å². The number of ether oxygens (including phenoxy) is 1. The fraction of sp³-hybridized carbons (Fsp3) is 0.429. The smallest absolute Gasteiger partial charge is 0.406 e. The van der Waals surface area contributed by atoms with Gasteiger partial charge in [-0.3, -0.25) is 9.59 Å². The minimum atomic E-state index is -4.83. The third-order valence-corrected chi connectivity index (χ3v) is 6.18. The van der Waals surface area contributed by atoms with Crippen LogP contribution in [0.3, 0.4) is 0 Å². The standard InChI is InChI=1S/C21H21F6N3O3S/c22-20(23,24)6-1-7-29-19(32)13-8-16-17(18(31)15(28)11-34-16)30(10-13)9-12-2-4-14(5-3-12)33-21(25,26)27/h2-5,8,10,15,17H,1,6-7,9,11,28H2,(H,29,32)/t15-,17?/m0/s1. The number of nitrogens with zero attached hydrogens (tertiary/aromatic N) is 1. The number of benzene rings is 1. The topological polar surface area (TPSA) is 84.7 Å². The molecule has 0 aliphatic carbocycles. The van der Waals surface area contributed by atoms with E-state index in [9.17, 15) is 35.9 Å². The Bertz CT molecular complexity index is 975. The van der Waals surface area contributed by atoms with E-state index in [2.05, 4.69) is 10.1 Å². The number of amides is 1. The fourth-order valence-electron chi connectivity index (χ4n) is 3.44. The van der Waals surface area contributed by atoms with E-state index in [1.807, 2.05) is 0 Å². The Hall–Kier alpha value is -2.67. The highest BCUT2D eigenvalue weighted by Gasteiger charge is 2.39. The Morgan fingerprint density at radius 3 is 2.47 bits per heavy atom. The first-order chi connectivity index (χ1) is 15.8. The highest BCUT2D eigenvalue weighted by atomic mass is 32.2. The van der Waals surface area contributed by atoms with E-state index in [-0.39, 0.29) is 30.9 Å². The number of carbonyl (C=O) groups is 2. The number of ketones is 1. The molecule has 2 heterocycles. The molecule has 2 aliphatic heterocycles. The molecule has 2 atom stereocenters. The van der Waals surface area contributed by atoms with Crippen molar-refractivity contribution in [1.82, 2.24) is 10.2 Å². The molecular formula is C21H21F6N3O3S. The summed E-state index contributed by atoms with van der Waals surface area (Å²) in [6, 6.07) is 3.54. The molecule has 2 aliphatic rings. The quantitative estimate of drug-likeness (QED) is 0.432. The lowest BCUT2D eigenvalue weighted by Crippen LogP contribution is -2.52. The molecule has 1 fully saturated rings. The van der Waals surface area contributed by atoms with Crippen LogP contribution in [0.25, 0.3) is 0 Å². The van der Waals surface area contributed by atoms with E-state index in [0.717, 1.165) is 12.1 Å². The highest BCUT2D eigenvalue weighted by Crippen LogP contribution is 2.36. The molecule has 0 saturated carbocycles. The van der Waals surface area contributed by atoms with Crippen LogP contribution in [-0.4, -0.2) is 53.5 Å². The summed E-state index contributed by atoms with van der Waals surface area (Å²) in [5.41, 5.74) is 6.57. The van der Waals surface area contributed by atoms with Crippen LogP contribution in [0, 0.1) is 0 Å². The van der Waals surface area contributed by atoms with E-state index < -0.39 is 42.7 Å². The van der Waals surface area contributed by atoms with Crippen LogP contribution in [0.2, 0.25) is 0 Å². The molecule has 3 rings (SSSR count). The number of hydrogen-bond acceptors (Lipinski definition) is 6. The molecular weight excluding hydrogens is 488 g/mol. The van der Waals surface area contributed by atoms with Crippen molar-refractivity contribution >= 4 is 23.5 Å². The Morgan fingerprint density at radius 2 is 1.85 bits per heavy atom. The van der Waals surface area contributed by atoms with Crippen molar-refractivity contribution in [3.05, 3.63) is 52.6 Å². The summed E-state index contributed by atoms with van der Waals surface area (Å²) >= 11 is 1.29. The van der Waals surface area contributed by atoms with Crippen molar-refractivity contribution in [2.45, 2.75) is 44.0 Å². The van der Waals surface area contributed by atoms with Crippen molar-refractivity contribution in [2.24, 2.45) is 5.73 Å². The number of nitrogens with one attached hydrogen (secondary N) is 1. The van der Waals surface area contributed by atoms with Crippen molar-refractivity contribution in [1.29, 1.82) is 0 Å². The van der Waals surface area contributed by atoms with Gasteiger partial charge in [0.05, 0.1) is 11.6 Å². The van der Waals surface area contributed by atoms with Crippen LogP contribution in [0.1, 0.15) is 18.4 Å². The number of Topliss-reactive ketones (excluding diaryl/α,β-unsaturated/α-hetero) is 1. The highest BCUT2D eigenvalue weighted by molar-refractivity contribution is 8.03. The van der Waals surface area contributed by atoms with Gasteiger partial charge in [-0.2, -0.15) is 13.2 Å². The van der Waals surface area contributed by atoms with Crippen molar-refractivity contribution in [3.8, 4) is 5.75 Å². The molecule has 6 nitrogen and oxygen atoms in total. The third kappa shape index (κ3) is 7.16. The second-order valence-corrected chi connectivity index (χ2v) is 8.79. The average Bonchev–Trinajstić information content (AvgIpc) is 2.73. The maximum atomic E-state index is 12.8. The van der Waals surface area contributed by atoms with Crippen LogP contribution >= 0.6 is 11.8 Å². The Morgan fingerprint density at radius 1 is 1.18 bits per heavy atom. The fourth-order valence-corrected chi connectivity index (χ4v) is 4.60. The molecule has 0 radical (unpaired) electrons. The minimum absolute atomic E-state index is 0.0676. The van der Waals surface area contributed by atoms with Gasteiger partial charge in [0.25, 0.3) is 5.91 Å². The Balaban J connectivity index is 1.75. The lowest BCUT2D eigenvalue weighted by atomic mass is 9.98. The van der Waals surface area contributed by atoms with Crippen LogP contribution in [0.4, 0.5) is 26.3 Å². The predicted molar refractivity (Wildman–Crippen MR) is 112 cm³/mol. The summed E-state index contributed by atoms with van der Waals surface area (Å²) in [6.07, 6.45) is -7.54. The van der Waals surface area contributed by atoms with Crippen LogP contribution in [-0.2, 0) is 16.1 Å². The number of rotatable bonds is 7. The van der Waals surface area contributed by atoms with E-state index in [1.165, 1.54) is 36.2 Å². The number of halogens is 6. The van der Waals surface area contributed by atoms with Gasteiger partial charge in [0, 0.05) is 36.4 Å². The lowest BCUT2D eigenvalue weighted by Gasteiger charge is -2.39. The minimum Gasteiger partial charge on any atom is -0.406 e. The molecule has 186 valence electrons. The van der Waals surface area contributed by atoms with Crippen molar-refractivity contribution in [3.63, 3.8) is 0 Å². The monoisotopic (exact) mass is 509 g/mol. The number of hydrogen-bond donors (Lipinski definition) is 2. The molecule has 13 heteroatoms. The second kappa shape index (κ2) is 10.3. The maximum Gasteiger partial charge on any atom is 0.573 e. The second-order valence-electron chi connectivity index (χ2n) is 7.69. The molecule has 3 N–H and O–H groups in total. The number of thioether (sulfide) groups is 1. The molecule has 0 spiro atoms. The van der Waals surface area contributed by atoms with E-state index >= 15 is 0 Å². The van der Waals surface area contributed by atoms with E-state index in [1.54, 1.807) is 4.90 Å². The molecule has 1 unspecified atom stereocenters. The zero-order chi connectivity index (χ0) is 25.1. The van der Waals surface area contributed by atoms with Gasteiger partial charge in [-0.15, -0.1) is 24.9 Å². The van der Waals surface area contributed by atoms with Crippen molar-refractivity contribution < 1.29 is 40.7 Å². The average molecular weight is 509 g/mol. The first kappa shape index (κ1) is 25.9. The first-order valence-electron chi connectivity index (χ1n) is 10.1. The summed E-state index contributed by atoms with van der Waals surface area (Å²) in [5.74, 6) is -0.979. The molecule has 0 bridgehead atoms. The predicted octanol–water partition coefficient (Wildman–Crippen LogP) is 3.64. The number of carbonyl (C=O) groups excluding carboxylic acids is 2. The third-order valence-electron chi connectivity index (χ3n) is 4.98. The zero-order valence-electron chi connectivity index (χ0n) is 17.6. The van der Waals surface area contributed by atoms with E-state index in [4.69, 9.17) is 5.73 Å². The normalized spacial score (nSPS) is 20.9. The first-order valence-corrected chi connectivity index (χ1v) is 11.1. The zero-order valence-corrected chi connectivity index (χ0v) is 18.4. The Kier molecular flexibility index (Phi) is 7.86. The molecule has 1 aromatic rings. The molecule has 1 saturated heterocycles. The van der Waals surface area contributed by atoms with Crippen LogP contribution in [0.5, 0.6) is 5.75 Å². The van der Waals surface area contributed by atoms with Gasteiger partial charge in [0.1, 0.15) is 11.8 Å². The van der Waals surface area contributed by atoms with Gasteiger partial charge in [0.2, 0.25) is 0 Å². The lowest BCUT2D eigenvalue weighted by molar-refractivity contribution is -0.274. The number of nitrogens with two attached hydrogens (primary N) is 1. The van der Waals surface area contributed by atoms with E-state index in [0.29, 0.717) is 16.2 Å². The number of alkyl halides is 6. The molecule has 1 amide bonds. The largest absolute Gasteiger partial charge is 0.573 e. The summed E-state index contributed by atoms with van der Waals surface area (Å²) in [6.45, 7) is -0.113. The summed E-state index contributed by atoms with van der Waals surface area (Å²) in [5, 5.41) is 2.43. The molecule has 1 aromatic carbocycles. The van der Waals surface area contributed by atoms with Crippen LogP contribution in [0.15, 0.2) is 47.0 Å². The SMILES string of the molecule is N[C@H]1CSC2=CC(C(=O)NCCCC(F)(F)F)=CN(Cc3ccc(OC(F)(F)F)cc3)C2C1=O. The molecule has 0 aromatic heterocycles. The van der Waals surface area contributed by atoms with Gasteiger partial charge >= 0.3 is 12.5 Å².